The van der Waals surface area contributed by atoms with Gasteiger partial charge in [-0.1, -0.05) is 12.1 Å². The van der Waals surface area contributed by atoms with Crippen LogP contribution in [0, 0.1) is 5.82 Å². The third-order valence-corrected chi connectivity index (χ3v) is 5.42. The molecule has 0 radical (unpaired) electrons. The molecule has 6 nitrogen and oxygen atoms in total. The van der Waals surface area contributed by atoms with E-state index in [-0.39, 0.29) is 30.2 Å². The molecule has 1 unspecified atom stereocenters. The van der Waals surface area contributed by atoms with Gasteiger partial charge in [-0.15, -0.1) is 0 Å². The quantitative estimate of drug-likeness (QED) is 0.768. The van der Waals surface area contributed by atoms with Crippen molar-refractivity contribution in [1.82, 2.24) is 4.90 Å². The molecule has 0 N–H and O–H groups in total. The SMILES string of the molecule is O=C1CC2CS(=O)(=O)CCN2C(=O)N1c1ccccc1F. The Morgan fingerprint density at radius 1 is 1.19 bits per heavy atom. The Labute approximate surface area is 121 Å². The van der Waals surface area contributed by atoms with Crippen LogP contribution in [0.25, 0.3) is 0 Å². The van der Waals surface area contributed by atoms with Crippen LogP contribution in [0.3, 0.4) is 0 Å². The molecule has 1 atom stereocenters. The van der Waals surface area contributed by atoms with E-state index >= 15 is 0 Å². The highest BCUT2D eigenvalue weighted by Gasteiger charge is 2.44. The second-order valence-corrected chi connectivity index (χ2v) is 7.36. The van der Waals surface area contributed by atoms with Crippen molar-refractivity contribution in [2.45, 2.75) is 12.5 Å². The van der Waals surface area contributed by atoms with Gasteiger partial charge in [-0.2, -0.15) is 0 Å². The van der Waals surface area contributed by atoms with Gasteiger partial charge in [0.1, 0.15) is 5.82 Å². The lowest BCUT2D eigenvalue weighted by molar-refractivity contribution is -0.120. The van der Waals surface area contributed by atoms with E-state index in [9.17, 15) is 22.4 Å². The van der Waals surface area contributed by atoms with Gasteiger partial charge in [0.15, 0.2) is 9.84 Å². The standard InChI is InChI=1S/C13H13FN2O4S/c14-10-3-1-2-4-11(10)16-12(17)7-9-8-21(19,20)6-5-15(9)13(16)18/h1-4,9H,5-8H2. The van der Waals surface area contributed by atoms with E-state index in [1.54, 1.807) is 0 Å². The predicted molar refractivity (Wildman–Crippen MR) is 73.0 cm³/mol. The highest BCUT2D eigenvalue weighted by atomic mass is 32.2. The molecule has 2 heterocycles. The van der Waals surface area contributed by atoms with Crippen molar-refractivity contribution >= 4 is 27.5 Å². The summed E-state index contributed by atoms with van der Waals surface area (Å²) >= 11 is 0. The Kier molecular flexibility index (Phi) is 3.20. The second kappa shape index (κ2) is 4.80. The van der Waals surface area contributed by atoms with Gasteiger partial charge in [-0.3, -0.25) is 4.79 Å². The minimum atomic E-state index is -3.23. The molecule has 0 bridgehead atoms. The van der Waals surface area contributed by atoms with E-state index in [2.05, 4.69) is 0 Å². The summed E-state index contributed by atoms with van der Waals surface area (Å²) in [6, 6.07) is 4.22. The monoisotopic (exact) mass is 312 g/mol. The van der Waals surface area contributed by atoms with Gasteiger partial charge < -0.3 is 4.90 Å². The molecule has 2 aliphatic rings. The van der Waals surface area contributed by atoms with E-state index in [4.69, 9.17) is 0 Å². The fourth-order valence-corrected chi connectivity index (χ4v) is 4.23. The number of urea groups is 1. The van der Waals surface area contributed by atoms with Crippen molar-refractivity contribution in [3.05, 3.63) is 30.1 Å². The topological polar surface area (TPSA) is 74.8 Å². The Hall–Kier alpha value is -1.96. The summed E-state index contributed by atoms with van der Waals surface area (Å²) in [5, 5.41) is 0. The number of anilines is 1. The molecule has 1 aromatic rings. The Morgan fingerprint density at radius 2 is 1.90 bits per heavy atom. The van der Waals surface area contributed by atoms with Gasteiger partial charge in [0, 0.05) is 13.0 Å². The summed E-state index contributed by atoms with van der Waals surface area (Å²) in [5.74, 6) is -1.59. The number of halogens is 1. The molecular formula is C13H13FN2O4S. The summed E-state index contributed by atoms with van der Waals surface area (Å²) in [7, 11) is -3.23. The number of imide groups is 1. The first-order chi connectivity index (χ1) is 9.89. The van der Waals surface area contributed by atoms with Crippen LogP contribution in [0.15, 0.2) is 24.3 Å². The molecular weight excluding hydrogens is 299 g/mol. The number of benzene rings is 1. The van der Waals surface area contributed by atoms with Crippen LogP contribution in [0.1, 0.15) is 6.42 Å². The third kappa shape index (κ3) is 2.39. The molecule has 112 valence electrons. The number of carbonyl (C=O) groups excluding carboxylic acids is 2. The van der Waals surface area contributed by atoms with Crippen LogP contribution in [0.5, 0.6) is 0 Å². The zero-order chi connectivity index (χ0) is 15.2. The van der Waals surface area contributed by atoms with Crippen molar-refractivity contribution in [3.8, 4) is 0 Å². The van der Waals surface area contributed by atoms with E-state index in [1.807, 2.05) is 0 Å². The third-order valence-electron chi connectivity index (χ3n) is 3.72. The summed E-state index contributed by atoms with van der Waals surface area (Å²) in [4.78, 5) is 26.7. The predicted octanol–water partition coefficient (Wildman–Crippen LogP) is 0.781. The van der Waals surface area contributed by atoms with E-state index in [0.717, 1.165) is 4.90 Å². The first kappa shape index (κ1) is 14.0. The van der Waals surface area contributed by atoms with Crippen LogP contribution in [0.2, 0.25) is 0 Å². The normalized spacial score (nSPS) is 24.9. The van der Waals surface area contributed by atoms with E-state index in [1.165, 1.54) is 29.2 Å². The number of nitrogens with zero attached hydrogens (tertiary/aromatic N) is 2. The van der Waals surface area contributed by atoms with Gasteiger partial charge in [-0.25, -0.2) is 22.5 Å². The molecule has 0 aliphatic carbocycles. The fraction of sp³-hybridized carbons (Fsp3) is 0.385. The summed E-state index contributed by atoms with van der Waals surface area (Å²) < 4.78 is 37.0. The Morgan fingerprint density at radius 3 is 2.62 bits per heavy atom. The number of rotatable bonds is 1. The molecule has 0 aromatic heterocycles. The van der Waals surface area contributed by atoms with Gasteiger partial charge in [0.2, 0.25) is 5.91 Å². The molecule has 8 heteroatoms. The van der Waals surface area contributed by atoms with Crippen LogP contribution in [0.4, 0.5) is 14.9 Å². The lowest BCUT2D eigenvalue weighted by Gasteiger charge is -2.42. The minimum Gasteiger partial charge on any atom is -0.318 e. The van der Waals surface area contributed by atoms with Gasteiger partial charge >= 0.3 is 6.03 Å². The number of fused-ring (bicyclic) bond motifs is 1. The second-order valence-electron chi connectivity index (χ2n) is 5.13. The molecule has 3 amide bonds. The van der Waals surface area contributed by atoms with Gasteiger partial charge in [0.05, 0.1) is 23.2 Å². The maximum absolute atomic E-state index is 13.8. The van der Waals surface area contributed by atoms with Crippen molar-refractivity contribution < 1.29 is 22.4 Å². The number of amides is 3. The highest BCUT2D eigenvalue weighted by Crippen LogP contribution is 2.28. The van der Waals surface area contributed by atoms with Crippen molar-refractivity contribution in [2.75, 3.05) is 23.0 Å². The molecule has 0 spiro atoms. The summed E-state index contributed by atoms with van der Waals surface area (Å²) in [6.07, 6.45) is -0.112. The van der Waals surface area contributed by atoms with Crippen molar-refractivity contribution in [3.63, 3.8) is 0 Å². The van der Waals surface area contributed by atoms with Gasteiger partial charge in [0.25, 0.3) is 0 Å². The fourth-order valence-electron chi connectivity index (χ4n) is 2.71. The minimum absolute atomic E-state index is 0.0318. The number of hydrogen-bond acceptors (Lipinski definition) is 4. The highest BCUT2D eigenvalue weighted by molar-refractivity contribution is 7.91. The molecule has 1 aromatic carbocycles. The maximum atomic E-state index is 13.8. The van der Waals surface area contributed by atoms with Crippen LogP contribution in [-0.4, -0.2) is 49.3 Å². The van der Waals surface area contributed by atoms with Crippen molar-refractivity contribution in [2.24, 2.45) is 0 Å². The van der Waals surface area contributed by atoms with E-state index < -0.39 is 33.6 Å². The molecule has 2 fully saturated rings. The average Bonchev–Trinajstić information content (AvgIpc) is 2.39. The molecule has 2 saturated heterocycles. The Balaban J connectivity index is 1.95. The molecule has 2 aliphatic heterocycles. The molecule has 21 heavy (non-hydrogen) atoms. The number of para-hydroxylation sites is 1. The van der Waals surface area contributed by atoms with Crippen LogP contribution >= 0.6 is 0 Å². The summed E-state index contributed by atoms with van der Waals surface area (Å²) in [5.41, 5.74) is -0.0978. The first-order valence-electron chi connectivity index (χ1n) is 6.47. The lowest BCUT2D eigenvalue weighted by atomic mass is 10.1. The van der Waals surface area contributed by atoms with Gasteiger partial charge in [-0.05, 0) is 12.1 Å². The van der Waals surface area contributed by atoms with Crippen molar-refractivity contribution in [1.29, 1.82) is 0 Å². The average molecular weight is 312 g/mol. The first-order valence-corrected chi connectivity index (χ1v) is 8.30. The maximum Gasteiger partial charge on any atom is 0.331 e. The number of carbonyl (C=O) groups is 2. The largest absolute Gasteiger partial charge is 0.331 e. The summed E-state index contributed by atoms with van der Waals surface area (Å²) in [6.45, 7) is 0.0318. The zero-order valence-electron chi connectivity index (χ0n) is 11.0. The zero-order valence-corrected chi connectivity index (χ0v) is 11.8. The Bertz CT molecular complexity index is 719. The smallest absolute Gasteiger partial charge is 0.318 e. The van der Waals surface area contributed by atoms with Crippen LogP contribution in [-0.2, 0) is 14.6 Å². The van der Waals surface area contributed by atoms with Crippen LogP contribution < -0.4 is 4.90 Å². The number of hydrogen-bond donors (Lipinski definition) is 0. The number of sulfone groups is 1. The molecule has 3 rings (SSSR count). The van der Waals surface area contributed by atoms with E-state index in [0.29, 0.717) is 0 Å². The lowest BCUT2D eigenvalue weighted by Crippen LogP contribution is -2.62. The molecule has 0 saturated carbocycles.